The van der Waals surface area contributed by atoms with Crippen molar-refractivity contribution in [3.63, 3.8) is 0 Å². The van der Waals surface area contributed by atoms with E-state index in [1.807, 2.05) is 31.1 Å². The molecule has 2 N–H and O–H groups in total. The number of benzene rings is 1. The minimum atomic E-state index is -3.25. The number of rotatable bonds is 6. The summed E-state index contributed by atoms with van der Waals surface area (Å²) >= 11 is 0. The number of hydrogen-bond donors (Lipinski definition) is 2. The van der Waals surface area contributed by atoms with Gasteiger partial charge in [0.1, 0.15) is 0 Å². The van der Waals surface area contributed by atoms with E-state index in [9.17, 15) is 8.42 Å². The van der Waals surface area contributed by atoms with E-state index in [1.165, 1.54) is 0 Å². The Balaban J connectivity index is 1.87. The van der Waals surface area contributed by atoms with Crippen LogP contribution in [0.5, 0.6) is 0 Å². The molecule has 0 spiro atoms. The van der Waals surface area contributed by atoms with Crippen LogP contribution in [0.2, 0.25) is 0 Å². The Kier molecular flexibility index (Phi) is 5.47. The fraction of sp³-hybridized carbons (Fsp3) is 0.600. The van der Waals surface area contributed by atoms with E-state index in [0.717, 1.165) is 38.0 Å². The van der Waals surface area contributed by atoms with Crippen molar-refractivity contribution in [1.29, 1.82) is 0 Å². The number of hydrogen-bond acceptors (Lipinski definition) is 4. The monoisotopic (exact) mass is 311 g/mol. The molecule has 0 unspecified atom stereocenters. The van der Waals surface area contributed by atoms with E-state index in [2.05, 4.69) is 10.0 Å². The highest BCUT2D eigenvalue weighted by Crippen LogP contribution is 2.19. The van der Waals surface area contributed by atoms with Crippen molar-refractivity contribution in [2.75, 3.05) is 42.6 Å². The second-order valence-corrected chi connectivity index (χ2v) is 7.69. The second-order valence-electron chi connectivity index (χ2n) is 5.84. The number of anilines is 2. The molecule has 0 atom stereocenters. The third-order valence-corrected chi connectivity index (χ3v) is 5.23. The second kappa shape index (κ2) is 7.13. The Bertz CT molecular complexity index is 535. The molecule has 1 aromatic rings. The summed E-state index contributed by atoms with van der Waals surface area (Å²) in [5.41, 5.74) is 1.68. The van der Waals surface area contributed by atoms with E-state index >= 15 is 0 Å². The first-order valence-electron chi connectivity index (χ1n) is 7.45. The largest absolute Gasteiger partial charge is 0.378 e. The van der Waals surface area contributed by atoms with Gasteiger partial charge in [-0.1, -0.05) is 0 Å². The first-order valence-corrected chi connectivity index (χ1v) is 9.10. The molecule has 1 fully saturated rings. The number of piperidine rings is 1. The van der Waals surface area contributed by atoms with E-state index in [4.69, 9.17) is 0 Å². The molecule has 1 aliphatic rings. The molecule has 0 radical (unpaired) electrons. The quantitative estimate of drug-likeness (QED) is 0.842. The average molecular weight is 311 g/mol. The summed E-state index contributed by atoms with van der Waals surface area (Å²) in [5.74, 6) is 0.728. The molecule has 6 heteroatoms. The molecule has 21 heavy (non-hydrogen) atoms. The number of sulfonamides is 1. The van der Waals surface area contributed by atoms with Crippen LogP contribution in [0, 0.1) is 5.92 Å². The van der Waals surface area contributed by atoms with Gasteiger partial charge in [0.05, 0.1) is 5.75 Å². The average Bonchev–Trinajstić information content (AvgIpc) is 2.46. The maximum absolute atomic E-state index is 12.1. The summed E-state index contributed by atoms with van der Waals surface area (Å²) in [6.45, 7) is 2.01. The predicted octanol–water partition coefficient (Wildman–Crippen LogP) is 1.88. The van der Waals surface area contributed by atoms with Crippen molar-refractivity contribution in [2.45, 2.75) is 19.3 Å². The molecule has 1 aromatic carbocycles. The predicted molar refractivity (Wildman–Crippen MR) is 88.4 cm³/mol. The van der Waals surface area contributed by atoms with Crippen molar-refractivity contribution >= 4 is 21.4 Å². The van der Waals surface area contributed by atoms with Crippen LogP contribution in [0.15, 0.2) is 24.3 Å². The SMILES string of the molecule is CN(C)c1ccc(NS(=O)(=O)CCC2CCNCC2)cc1. The molecule has 1 saturated heterocycles. The third-order valence-electron chi connectivity index (χ3n) is 3.91. The van der Waals surface area contributed by atoms with Crippen LogP contribution in [0.1, 0.15) is 19.3 Å². The molecule has 0 saturated carbocycles. The molecular formula is C15H25N3O2S. The molecule has 0 amide bonds. The summed E-state index contributed by atoms with van der Waals surface area (Å²) < 4.78 is 26.9. The summed E-state index contributed by atoms with van der Waals surface area (Å²) in [6, 6.07) is 7.42. The highest BCUT2D eigenvalue weighted by atomic mass is 32.2. The molecule has 5 nitrogen and oxygen atoms in total. The van der Waals surface area contributed by atoms with Gasteiger partial charge < -0.3 is 10.2 Å². The lowest BCUT2D eigenvalue weighted by Crippen LogP contribution is -2.29. The molecule has 118 valence electrons. The third kappa shape index (κ3) is 5.21. The van der Waals surface area contributed by atoms with Gasteiger partial charge in [-0.15, -0.1) is 0 Å². The highest BCUT2D eigenvalue weighted by Gasteiger charge is 2.17. The maximum Gasteiger partial charge on any atom is 0.232 e. The minimum Gasteiger partial charge on any atom is -0.378 e. The minimum absolute atomic E-state index is 0.201. The summed E-state index contributed by atoms with van der Waals surface area (Å²) in [4.78, 5) is 1.98. The van der Waals surface area contributed by atoms with Crippen LogP contribution >= 0.6 is 0 Å². The lowest BCUT2D eigenvalue weighted by molar-refractivity contribution is 0.365. The van der Waals surface area contributed by atoms with Crippen molar-refractivity contribution in [3.05, 3.63) is 24.3 Å². The molecular weight excluding hydrogens is 286 g/mol. The van der Waals surface area contributed by atoms with Gasteiger partial charge in [0.15, 0.2) is 0 Å². The molecule has 0 aromatic heterocycles. The summed E-state index contributed by atoms with van der Waals surface area (Å²) in [5, 5.41) is 3.30. The fourth-order valence-electron chi connectivity index (χ4n) is 2.55. The van der Waals surface area contributed by atoms with Gasteiger partial charge in [0.25, 0.3) is 0 Å². The summed E-state index contributed by atoms with van der Waals surface area (Å²) in [7, 11) is 0.662. The molecule has 1 aliphatic heterocycles. The highest BCUT2D eigenvalue weighted by molar-refractivity contribution is 7.92. The lowest BCUT2D eigenvalue weighted by Gasteiger charge is -2.22. The van der Waals surface area contributed by atoms with Gasteiger partial charge >= 0.3 is 0 Å². The summed E-state index contributed by atoms with van der Waals surface area (Å²) in [6.07, 6.45) is 2.90. The normalized spacial score (nSPS) is 16.7. The van der Waals surface area contributed by atoms with Crippen LogP contribution in [-0.2, 0) is 10.0 Å². The Hall–Kier alpha value is -1.27. The van der Waals surface area contributed by atoms with E-state index in [1.54, 1.807) is 12.1 Å². The zero-order valence-corrected chi connectivity index (χ0v) is 13.6. The standard InChI is InChI=1S/C15H25N3O2S/c1-18(2)15-5-3-14(4-6-15)17-21(19,20)12-9-13-7-10-16-11-8-13/h3-6,13,16-17H,7-12H2,1-2H3. The smallest absolute Gasteiger partial charge is 0.232 e. The van der Waals surface area contributed by atoms with Gasteiger partial charge in [0, 0.05) is 25.5 Å². The van der Waals surface area contributed by atoms with Gasteiger partial charge in [-0.3, -0.25) is 4.72 Å². The molecule has 1 heterocycles. The van der Waals surface area contributed by atoms with Crippen molar-refractivity contribution in [1.82, 2.24) is 5.32 Å². The Morgan fingerprint density at radius 3 is 2.38 bits per heavy atom. The van der Waals surface area contributed by atoms with Crippen LogP contribution in [0.4, 0.5) is 11.4 Å². The van der Waals surface area contributed by atoms with Crippen LogP contribution in [0.3, 0.4) is 0 Å². The zero-order valence-electron chi connectivity index (χ0n) is 12.8. The van der Waals surface area contributed by atoms with Gasteiger partial charge in [-0.2, -0.15) is 0 Å². The van der Waals surface area contributed by atoms with Gasteiger partial charge in [0.2, 0.25) is 10.0 Å². The Morgan fingerprint density at radius 2 is 1.81 bits per heavy atom. The number of nitrogens with zero attached hydrogens (tertiary/aromatic N) is 1. The fourth-order valence-corrected chi connectivity index (χ4v) is 3.79. The van der Waals surface area contributed by atoms with Crippen LogP contribution in [0.25, 0.3) is 0 Å². The first kappa shape index (κ1) is 16.1. The van der Waals surface area contributed by atoms with Crippen molar-refractivity contribution in [2.24, 2.45) is 5.92 Å². The topological polar surface area (TPSA) is 61.4 Å². The van der Waals surface area contributed by atoms with Gasteiger partial charge in [-0.05, 0) is 62.5 Å². The van der Waals surface area contributed by atoms with Crippen molar-refractivity contribution in [3.8, 4) is 0 Å². The van der Waals surface area contributed by atoms with E-state index in [-0.39, 0.29) is 5.75 Å². The molecule has 0 bridgehead atoms. The maximum atomic E-state index is 12.1. The van der Waals surface area contributed by atoms with Crippen LogP contribution in [-0.4, -0.2) is 41.4 Å². The Morgan fingerprint density at radius 1 is 1.19 bits per heavy atom. The first-order chi connectivity index (χ1) is 9.96. The van der Waals surface area contributed by atoms with E-state index in [0.29, 0.717) is 11.6 Å². The lowest BCUT2D eigenvalue weighted by atomic mass is 9.96. The van der Waals surface area contributed by atoms with Crippen molar-refractivity contribution < 1.29 is 8.42 Å². The molecule has 2 rings (SSSR count). The zero-order chi connectivity index (χ0) is 15.3. The van der Waals surface area contributed by atoms with E-state index < -0.39 is 10.0 Å². The van der Waals surface area contributed by atoms with Gasteiger partial charge in [-0.25, -0.2) is 8.42 Å². The van der Waals surface area contributed by atoms with Crippen LogP contribution < -0.4 is 14.9 Å². The molecule has 0 aliphatic carbocycles. The Labute approximate surface area is 127 Å². The number of nitrogens with one attached hydrogen (secondary N) is 2.